The third kappa shape index (κ3) is 5.66. The lowest BCUT2D eigenvalue weighted by molar-refractivity contribution is -0.117. The maximum atomic E-state index is 12.6. The van der Waals surface area contributed by atoms with Gasteiger partial charge in [-0.05, 0) is 28.7 Å². The second-order valence-corrected chi connectivity index (χ2v) is 9.03. The summed E-state index contributed by atoms with van der Waals surface area (Å²) < 4.78 is 5.24. The Morgan fingerprint density at radius 2 is 1.81 bits per heavy atom. The maximum absolute atomic E-state index is 12.6. The van der Waals surface area contributed by atoms with E-state index in [-0.39, 0.29) is 15.1 Å². The fourth-order valence-electron chi connectivity index (χ4n) is 2.70. The van der Waals surface area contributed by atoms with Gasteiger partial charge in [0.25, 0.3) is 0 Å². The van der Waals surface area contributed by atoms with Gasteiger partial charge in [0.15, 0.2) is 11.5 Å². The molecule has 4 heteroatoms. The molecular formula is C22H27INO2+. The first-order chi connectivity index (χ1) is 12.2. The van der Waals surface area contributed by atoms with Crippen LogP contribution in [0.15, 0.2) is 48.5 Å². The average Bonchev–Trinajstić information content (AvgIpc) is 2.61. The molecule has 0 bridgehead atoms. The Labute approximate surface area is 169 Å². The molecule has 3 nitrogen and oxygen atoms in total. The van der Waals surface area contributed by atoms with E-state index in [0.717, 1.165) is 22.6 Å². The summed E-state index contributed by atoms with van der Waals surface area (Å²) >= 11 is 2.26. The van der Waals surface area contributed by atoms with E-state index in [2.05, 4.69) is 43.4 Å². The van der Waals surface area contributed by atoms with Crippen molar-refractivity contribution in [2.75, 3.05) is 7.11 Å². The predicted molar refractivity (Wildman–Crippen MR) is 116 cm³/mol. The fraction of sp³-hybridized carbons (Fsp3) is 0.364. The second kappa shape index (κ2) is 8.80. The maximum Gasteiger partial charge on any atom is 0.166 e. The first kappa shape index (κ1) is 20.6. The minimum absolute atomic E-state index is 0.00593. The molecule has 0 aromatic heterocycles. The lowest BCUT2D eigenvalue weighted by atomic mass is 9.86. The van der Waals surface area contributed by atoms with Crippen molar-refractivity contribution in [2.45, 2.75) is 43.0 Å². The van der Waals surface area contributed by atoms with Crippen molar-refractivity contribution in [3.05, 3.63) is 65.2 Å². The van der Waals surface area contributed by atoms with Crippen LogP contribution in [0.5, 0.6) is 5.75 Å². The van der Waals surface area contributed by atoms with Crippen molar-refractivity contribution >= 4 is 34.1 Å². The number of carbonyl (C=O) groups excluding carboxylic acids is 1. The number of Topliss-reactive ketones (excluding diaryl/α,β-unsaturated/α-hetero) is 1. The molecule has 0 spiro atoms. The van der Waals surface area contributed by atoms with Crippen LogP contribution in [0, 0.1) is 0 Å². The number of rotatable bonds is 7. The number of ether oxygens (including phenoxy) is 1. The third-order valence-electron chi connectivity index (χ3n) is 4.38. The standard InChI is InChI=1S/C22H26INO2/c1-22(2,3)17-10-8-16(9-11-17)21(25)14-19(23)20(24)13-15-6-5-7-18(12-15)26-4/h5-12,19,24H,13-14H2,1-4H3/p+1. The SMILES string of the molecule is COc1cccc(CC(=[NH2+])C(I)CC(=O)c2ccc(C(C)(C)C)cc2)c1. The Balaban J connectivity index is 1.98. The van der Waals surface area contributed by atoms with Crippen LogP contribution in [0.2, 0.25) is 0 Å². The minimum atomic E-state index is -0.00593. The van der Waals surface area contributed by atoms with Crippen LogP contribution in [0.25, 0.3) is 0 Å². The highest BCUT2D eigenvalue weighted by Crippen LogP contribution is 2.23. The van der Waals surface area contributed by atoms with E-state index in [0.29, 0.717) is 12.8 Å². The lowest BCUT2D eigenvalue weighted by Crippen LogP contribution is -2.46. The molecule has 1 unspecified atom stereocenters. The van der Waals surface area contributed by atoms with E-state index >= 15 is 0 Å². The number of nitrogens with two attached hydrogens (primary N) is 1. The molecule has 138 valence electrons. The zero-order chi connectivity index (χ0) is 19.3. The lowest BCUT2D eigenvalue weighted by Gasteiger charge is -2.19. The molecule has 2 rings (SSSR count). The highest BCUT2D eigenvalue weighted by atomic mass is 127. The highest BCUT2D eigenvalue weighted by Gasteiger charge is 2.21. The van der Waals surface area contributed by atoms with Crippen LogP contribution in [-0.2, 0) is 11.8 Å². The van der Waals surface area contributed by atoms with Crippen molar-refractivity contribution in [1.82, 2.24) is 0 Å². The summed E-state index contributed by atoms with van der Waals surface area (Å²) in [6.45, 7) is 6.50. The summed E-state index contributed by atoms with van der Waals surface area (Å²) in [5.74, 6) is 0.939. The van der Waals surface area contributed by atoms with Crippen LogP contribution >= 0.6 is 22.6 Å². The number of halogens is 1. The first-order valence-corrected chi connectivity index (χ1v) is 9.97. The molecule has 2 aromatic rings. The van der Waals surface area contributed by atoms with Gasteiger partial charge in [-0.3, -0.25) is 10.2 Å². The average molecular weight is 464 g/mol. The van der Waals surface area contributed by atoms with Gasteiger partial charge in [0.2, 0.25) is 0 Å². The van der Waals surface area contributed by atoms with Crippen molar-refractivity contribution in [3.63, 3.8) is 0 Å². The molecule has 2 N–H and O–H groups in total. The molecule has 2 aromatic carbocycles. The summed E-state index contributed by atoms with van der Waals surface area (Å²) in [6.07, 6.45) is 1.05. The van der Waals surface area contributed by atoms with Crippen molar-refractivity contribution in [3.8, 4) is 5.75 Å². The molecule has 0 radical (unpaired) electrons. The molecule has 0 saturated carbocycles. The number of alkyl halides is 1. The Morgan fingerprint density at radius 3 is 2.38 bits per heavy atom. The predicted octanol–water partition coefficient (Wildman–Crippen LogP) is 3.81. The Morgan fingerprint density at radius 1 is 1.15 bits per heavy atom. The van der Waals surface area contributed by atoms with Gasteiger partial charge in [0.1, 0.15) is 5.75 Å². The van der Waals surface area contributed by atoms with Crippen molar-refractivity contribution < 1.29 is 14.9 Å². The fourth-order valence-corrected chi connectivity index (χ4v) is 3.32. The van der Waals surface area contributed by atoms with Gasteiger partial charge in [0, 0.05) is 12.0 Å². The van der Waals surface area contributed by atoms with Gasteiger partial charge in [-0.25, -0.2) is 0 Å². The topological polar surface area (TPSA) is 51.9 Å². The largest absolute Gasteiger partial charge is 0.497 e. The summed E-state index contributed by atoms with van der Waals surface area (Å²) in [7, 11) is 1.65. The van der Waals surface area contributed by atoms with Crippen LogP contribution in [0.1, 0.15) is 48.7 Å². The Hall–Kier alpha value is -1.69. The molecule has 0 aliphatic carbocycles. The molecule has 0 amide bonds. The smallest absolute Gasteiger partial charge is 0.166 e. The zero-order valence-corrected chi connectivity index (χ0v) is 18.0. The monoisotopic (exact) mass is 464 g/mol. The summed E-state index contributed by atoms with van der Waals surface area (Å²) in [5, 5.41) is 6.26. The normalized spacial score (nSPS) is 12.5. The molecule has 0 aliphatic heterocycles. The molecule has 0 heterocycles. The van der Waals surface area contributed by atoms with E-state index in [4.69, 9.17) is 10.1 Å². The van der Waals surface area contributed by atoms with Gasteiger partial charge >= 0.3 is 0 Å². The van der Waals surface area contributed by atoms with E-state index in [1.807, 2.05) is 48.5 Å². The van der Waals surface area contributed by atoms with E-state index in [1.165, 1.54) is 5.56 Å². The minimum Gasteiger partial charge on any atom is -0.497 e. The van der Waals surface area contributed by atoms with Gasteiger partial charge in [-0.1, -0.05) is 79.8 Å². The number of methoxy groups -OCH3 is 1. The van der Waals surface area contributed by atoms with E-state index in [9.17, 15) is 4.79 Å². The van der Waals surface area contributed by atoms with Gasteiger partial charge < -0.3 is 4.74 Å². The quantitative estimate of drug-likeness (QED) is 0.293. The summed E-state index contributed by atoms with van der Waals surface area (Å²) in [5.41, 5.74) is 3.95. The highest BCUT2D eigenvalue weighted by molar-refractivity contribution is 14.1. The molecule has 0 fully saturated rings. The van der Waals surface area contributed by atoms with Crippen LogP contribution in [0.4, 0.5) is 0 Å². The van der Waals surface area contributed by atoms with Crippen LogP contribution in [-0.4, -0.2) is 22.5 Å². The number of carbonyl (C=O) groups is 1. The molecule has 1 atom stereocenters. The Bertz CT molecular complexity index is 775. The molecule has 0 saturated heterocycles. The number of benzene rings is 2. The third-order valence-corrected chi connectivity index (χ3v) is 5.62. The van der Waals surface area contributed by atoms with Crippen molar-refractivity contribution in [2.24, 2.45) is 0 Å². The van der Waals surface area contributed by atoms with Gasteiger partial charge in [-0.15, -0.1) is 0 Å². The van der Waals surface area contributed by atoms with Crippen LogP contribution in [0.3, 0.4) is 0 Å². The van der Waals surface area contributed by atoms with Crippen LogP contribution < -0.4 is 10.1 Å². The molecule has 0 aliphatic rings. The molecular weight excluding hydrogens is 437 g/mol. The van der Waals surface area contributed by atoms with Gasteiger partial charge in [-0.2, -0.15) is 0 Å². The first-order valence-electron chi connectivity index (χ1n) is 8.72. The van der Waals surface area contributed by atoms with Gasteiger partial charge in [0.05, 0.1) is 17.5 Å². The molecule has 26 heavy (non-hydrogen) atoms. The zero-order valence-electron chi connectivity index (χ0n) is 15.9. The van der Waals surface area contributed by atoms with E-state index in [1.54, 1.807) is 7.11 Å². The summed E-state index contributed by atoms with van der Waals surface area (Å²) in [4.78, 5) is 12.6. The number of ketones is 1. The van der Waals surface area contributed by atoms with E-state index < -0.39 is 0 Å². The second-order valence-electron chi connectivity index (χ2n) is 7.53. The number of hydrogen-bond donors (Lipinski definition) is 1. The summed E-state index contributed by atoms with van der Waals surface area (Å²) in [6, 6.07) is 15.8. The van der Waals surface area contributed by atoms with Crippen molar-refractivity contribution in [1.29, 1.82) is 0 Å². The Kier molecular flexibility index (Phi) is 6.98. The number of hydrogen-bond acceptors (Lipinski definition) is 2.